The Morgan fingerprint density at radius 3 is 2.67 bits per heavy atom. The Kier molecular flexibility index (Phi) is 3.88. The minimum Gasteiger partial charge on any atom is -0.346 e. The van der Waals surface area contributed by atoms with Crippen LogP contribution in [0.2, 0.25) is 0 Å². The van der Waals surface area contributed by atoms with Crippen molar-refractivity contribution in [2.75, 3.05) is 13.1 Å². The Bertz CT molecular complexity index is 613. The van der Waals surface area contributed by atoms with Gasteiger partial charge in [-0.25, -0.2) is 13.1 Å². The lowest BCUT2D eigenvalue weighted by Crippen LogP contribution is -2.28. The normalized spacial score (nSPS) is 20.7. The molecular formula is C15H25N3O2S. The van der Waals surface area contributed by atoms with Crippen LogP contribution in [0, 0.1) is 5.41 Å². The van der Waals surface area contributed by atoms with Gasteiger partial charge in [0, 0.05) is 31.0 Å². The van der Waals surface area contributed by atoms with Gasteiger partial charge in [-0.05, 0) is 43.7 Å². The number of hydrogen-bond donors (Lipinski definition) is 2. The van der Waals surface area contributed by atoms with Gasteiger partial charge in [0.1, 0.15) is 0 Å². The third-order valence-electron chi connectivity index (χ3n) is 4.51. The molecule has 0 unspecified atom stereocenters. The average molecular weight is 311 g/mol. The van der Waals surface area contributed by atoms with Crippen molar-refractivity contribution < 1.29 is 8.42 Å². The van der Waals surface area contributed by atoms with Gasteiger partial charge in [0.2, 0.25) is 10.0 Å². The summed E-state index contributed by atoms with van der Waals surface area (Å²) in [4.78, 5) is 0.409. The smallest absolute Gasteiger partial charge is 0.242 e. The molecule has 3 rings (SSSR count). The van der Waals surface area contributed by atoms with E-state index in [0.29, 0.717) is 17.5 Å². The summed E-state index contributed by atoms with van der Waals surface area (Å²) in [6.45, 7) is 6.34. The van der Waals surface area contributed by atoms with Crippen LogP contribution in [0.4, 0.5) is 0 Å². The van der Waals surface area contributed by atoms with E-state index in [-0.39, 0.29) is 5.41 Å². The first kappa shape index (κ1) is 15.1. The van der Waals surface area contributed by atoms with Gasteiger partial charge in [-0.2, -0.15) is 0 Å². The lowest BCUT2D eigenvalue weighted by Gasteiger charge is -2.09. The summed E-state index contributed by atoms with van der Waals surface area (Å²) in [6, 6.07) is 2.31. The van der Waals surface area contributed by atoms with Crippen LogP contribution in [-0.4, -0.2) is 26.1 Å². The molecule has 2 saturated carbocycles. The molecule has 0 spiro atoms. The Balaban J connectivity index is 1.76. The van der Waals surface area contributed by atoms with Crippen LogP contribution < -0.4 is 10.0 Å². The Labute approximate surface area is 127 Å². The van der Waals surface area contributed by atoms with Gasteiger partial charge in [0.25, 0.3) is 0 Å². The summed E-state index contributed by atoms with van der Waals surface area (Å²) >= 11 is 0. The van der Waals surface area contributed by atoms with E-state index < -0.39 is 10.0 Å². The molecule has 0 radical (unpaired) electrons. The lowest BCUT2D eigenvalue weighted by atomic mass is 10.2. The van der Waals surface area contributed by atoms with Gasteiger partial charge >= 0.3 is 0 Å². The van der Waals surface area contributed by atoms with E-state index in [1.807, 2.05) is 12.3 Å². The minimum absolute atomic E-state index is 0.179. The van der Waals surface area contributed by atoms with Crippen molar-refractivity contribution in [3.63, 3.8) is 0 Å². The molecule has 2 aliphatic rings. The maximum absolute atomic E-state index is 12.4. The van der Waals surface area contributed by atoms with Gasteiger partial charge in [-0.3, -0.25) is 0 Å². The summed E-state index contributed by atoms with van der Waals surface area (Å²) in [5, 5.41) is 3.28. The van der Waals surface area contributed by atoms with Crippen LogP contribution in [0.15, 0.2) is 17.2 Å². The first-order valence-corrected chi connectivity index (χ1v) is 9.33. The van der Waals surface area contributed by atoms with Gasteiger partial charge in [0.05, 0.1) is 4.90 Å². The highest BCUT2D eigenvalue weighted by atomic mass is 32.2. The molecule has 0 amide bonds. The SMILES string of the molecule is CCNCc1cc(S(=O)(=O)NCC2(C)CC2)cn1C1CC1. The molecule has 6 heteroatoms. The number of nitrogens with one attached hydrogen (secondary N) is 2. The molecule has 0 aliphatic heterocycles. The monoisotopic (exact) mass is 311 g/mol. The predicted octanol–water partition coefficient (Wildman–Crippen LogP) is 2.01. The predicted molar refractivity (Wildman–Crippen MR) is 82.6 cm³/mol. The Hall–Kier alpha value is -0.850. The summed E-state index contributed by atoms with van der Waals surface area (Å²) < 4.78 is 29.8. The largest absolute Gasteiger partial charge is 0.346 e. The van der Waals surface area contributed by atoms with Crippen molar-refractivity contribution in [3.05, 3.63) is 18.0 Å². The van der Waals surface area contributed by atoms with Crippen molar-refractivity contribution in [1.82, 2.24) is 14.6 Å². The quantitative estimate of drug-likeness (QED) is 0.772. The van der Waals surface area contributed by atoms with Gasteiger partial charge in [-0.15, -0.1) is 0 Å². The first-order valence-electron chi connectivity index (χ1n) is 7.85. The van der Waals surface area contributed by atoms with Crippen LogP contribution in [0.1, 0.15) is 51.3 Å². The highest BCUT2D eigenvalue weighted by Gasteiger charge is 2.38. The van der Waals surface area contributed by atoms with Crippen LogP contribution in [0.25, 0.3) is 0 Å². The minimum atomic E-state index is -3.38. The molecule has 5 nitrogen and oxygen atoms in total. The van der Waals surface area contributed by atoms with E-state index in [2.05, 4.69) is 28.5 Å². The summed E-state index contributed by atoms with van der Waals surface area (Å²) in [5.41, 5.74) is 1.25. The molecule has 1 heterocycles. The van der Waals surface area contributed by atoms with Crippen molar-refractivity contribution in [1.29, 1.82) is 0 Å². The molecule has 1 aromatic rings. The Morgan fingerprint density at radius 2 is 2.10 bits per heavy atom. The third-order valence-corrected chi connectivity index (χ3v) is 5.87. The number of nitrogens with zero attached hydrogens (tertiary/aromatic N) is 1. The average Bonchev–Trinajstić information content (AvgIpc) is 3.36. The summed E-state index contributed by atoms with van der Waals surface area (Å²) in [5.74, 6) is 0. The molecule has 0 bridgehead atoms. The molecular weight excluding hydrogens is 286 g/mol. The van der Waals surface area contributed by atoms with E-state index in [0.717, 1.165) is 44.5 Å². The Morgan fingerprint density at radius 1 is 1.38 bits per heavy atom. The lowest BCUT2D eigenvalue weighted by molar-refractivity contribution is 0.530. The van der Waals surface area contributed by atoms with Crippen molar-refractivity contribution in [3.8, 4) is 0 Å². The van der Waals surface area contributed by atoms with Crippen LogP contribution >= 0.6 is 0 Å². The van der Waals surface area contributed by atoms with Crippen molar-refractivity contribution in [2.45, 2.75) is 57.0 Å². The molecule has 2 N–H and O–H groups in total. The fourth-order valence-corrected chi connectivity index (χ4v) is 3.72. The fraction of sp³-hybridized carbons (Fsp3) is 0.733. The molecule has 2 fully saturated rings. The molecule has 0 saturated heterocycles. The number of sulfonamides is 1. The molecule has 118 valence electrons. The van der Waals surface area contributed by atoms with Crippen molar-refractivity contribution in [2.24, 2.45) is 5.41 Å². The molecule has 21 heavy (non-hydrogen) atoms. The van der Waals surface area contributed by atoms with Gasteiger partial charge < -0.3 is 9.88 Å². The summed E-state index contributed by atoms with van der Waals surface area (Å²) in [6.07, 6.45) is 6.34. The zero-order valence-electron chi connectivity index (χ0n) is 12.9. The highest BCUT2D eigenvalue weighted by molar-refractivity contribution is 7.89. The molecule has 2 aliphatic carbocycles. The fourth-order valence-electron chi connectivity index (χ4n) is 2.47. The maximum atomic E-state index is 12.4. The number of rotatable bonds is 8. The van der Waals surface area contributed by atoms with E-state index in [4.69, 9.17) is 0 Å². The van der Waals surface area contributed by atoms with E-state index >= 15 is 0 Å². The van der Waals surface area contributed by atoms with Crippen molar-refractivity contribution >= 4 is 10.0 Å². The zero-order valence-corrected chi connectivity index (χ0v) is 13.7. The second-order valence-electron chi connectivity index (χ2n) is 6.72. The second-order valence-corrected chi connectivity index (χ2v) is 8.49. The van der Waals surface area contributed by atoms with Gasteiger partial charge in [0.15, 0.2) is 0 Å². The van der Waals surface area contributed by atoms with Gasteiger partial charge in [-0.1, -0.05) is 13.8 Å². The second kappa shape index (κ2) is 5.41. The molecule has 0 aromatic carbocycles. The maximum Gasteiger partial charge on any atom is 0.242 e. The molecule has 0 atom stereocenters. The topological polar surface area (TPSA) is 63.1 Å². The van der Waals surface area contributed by atoms with E-state index in [1.54, 1.807) is 0 Å². The summed E-state index contributed by atoms with van der Waals surface area (Å²) in [7, 11) is -3.38. The zero-order chi connectivity index (χ0) is 15.1. The highest BCUT2D eigenvalue weighted by Crippen LogP contribution is 2.44. The van der Waals surface area contributed by atoms with E-state index in [1.165, 1.54) is 0 Å². The standard InChI is InChI=1S/C15H25N3O2S/c1-3-16-9-13-8-14(10-18(13)12-4-5-12)21(19,20)17-11-15(2)6-7-15/h8,10,12,16-17H,3-7,9,11H2,1-2H3. The van der Waals surface area contributed by atoms with Crippen LogP contribution in [0.3, 0.4) is 0 Å². The molecule has 1 aromatic heterocycles. The van der Waals surface area contributed by atoms with E-state index in [9.17, 15) is 8.42 Å². The van der Waals surface area contributed by atoms with Crippen LogP contribution in [0.5, 0.6) is 0 Å². The number of aromatic nitrogens is 1. The first-order chi connectivity index (χ1) is 9.93. The number of hydrogen-bond acceptors (Lipinski definition) is 3. The van der Waals surface area contributed by atoms with Crippen LogP contribution in [-0.2, 0) is 16.6 Å². The third kappa shape index (κ3) is 3.49.